The molecule has 5 nitrogen and oxygen atoms in total. The number of nitrogens with two attached hydrogens (primary N) is 1. The zero-order valence-electron chi connectivity index (χ0n) is 15.3. The normalized spacial score (nSPS) is 16.1. The summed E-state index contributed by atoms with van der Waals surface area (Å²) in [4.78, 5) is 12.4. The summed E-state index contributed by atoms with van der Waals surface area (Å²) in [5, 5.41) is 2.89. The molecule has 2 aromatic rings. The molecule has 0 spiro atoms. The lowest BCUT2D eigenvalue weighted by molar-refractivity contribution is -0.119. The predicted molar refractivity (Wildman–Crippen MR) is 103 cm³/mol. The van der Waals surface area contributed by atoms with Crippen molar-refractivity contribution in [2.75, 3.05) is 18.5 Å². The van der Waals surface area contributed by atoms with Gasteiger partial charge in [0.2, 0.25) is 5.91 Å². The van der Waals surface area contributed by atoms with Gasteiger partial charge in [-0.3, -0.25) is 4.79 Å². The summed E-state index contributed by atoms with van der Waals surface area (Å²) in [5.74, 6) is 1.55. The molecule has 0 saturated carbocycles. The molecule has 0 radical (unpaired) electrons. The third kappa shape index (κ3) is 4.84. The minimum Gasteiger partial charge on any atom is -0.457 e. The van der Waals surface area contributed by atoms with E-state index in [2.05, 4.69) is 11.4 Å². The summed E-state index contributed by atoms with van der Waals surface area (Å²) < 4.78 is 11.2. The van der Waals surface area contributed by atoms with E-state index in [-0.39, 0.29) is 11.8 Å². The smallest absolute Gasteiger partial charge is 0.241 e. The van der Waals surface area contributed by atoms with Gasteiger partial charge in [0.15, 0.2) is 0 Å². The number of hydrogen-bond acceptors (Lipinski definition) is 4. The van der Waals surface area contributed by atoms with Gasteiger partial charge in [0.25, 0.3) is 0 Å². The molecule has 1 unspecified atom stereocenters. The second-order valence-electron chi connectivity index (χ2n) is 6.91. The number of amides is 1. The zero-order valence-corrected chi connectivity index (χ0v) is 15.3. The Balaban J connectivity index is 1.59. The monoisotopic (exact) mass is 354 g/mol. The van der Waals surface area contributed by atoms with E-state index in [9.17, 15) is 4.79 Å². The van der Waals surface area contributed by atoms with Crippen LogP contribution in [-0.2, 0) is 9.53 Å². The summed E-state index contributed by atoms with van der Waals surface area (Å²) in [5.41, 5.74) is 9.14. The SMILES string of the molecule is Cc1cc(C)cc(Oc2ccc(NC(=O)C(N)C3CCOCC3)cc2)c1. The van der Waals surface area contributed by atoms with Gasteiger partial charge < -0.3 is 20.5 Å². The van der Waals surface area contributed by atoms with Crippen LogP contribution in [0, 0.1) is 19.8 Å². The van der Waals surface area contributed by atoms with Gasteiger partial charge in [0.05, 0.1) is 6.04 Å². The topological polar surface area (TPSA) is 73.6 Å². The van der Waals surface area contributed by atoms with E-state index in [4.69, 9.17) is 15.2 Å². The Labute approximate surface area is 154 Å². The largest absolute Gasteiger partial charge is 0.457 e. The number of carbonyl (C=O) groups is 1. The van der Waals surface area contributed by atoms with E-state index in [0.29, 0.717) is 18.9 Å². The Bertz CT molecular complexity index is 732. The van der Waals surface area contributed by atoms with Crippen molar-refractivity contribution in [1.29, 1.82) is 0 Å². The first-order chi connectivity index (χ1) is 12.5. The lowest BCUT2D eigenvalue weighted by Gasteiger charge is -2.26. The van der Waals surface area contributed by atoms with Crippen LogP contribution in [0.2, 0.25) is 0 Å². The highest BCUT2D eigenvalue weighted by atomic mass is 16.5. The highest BCUT2D eigenvalue weighted by Crippen LogP contribution is 2.25. The van der Waals surface area contributed by atoms with Crippen LogP contribution >= 0.6 is 0 Å². The van der Waals surface area contributed by atoms with Crippen LogP contribution < -0.4 is 15.8 Å². The molecule has 1 fully saturated rings. The van der Waals surface area contributed by atoms with E-state index < -0.39 is 6.04 Å². The Hall–Kier alpha value is -2.37. The Morgan fingerprint density at radius 1 is 1.08 bits per heavy atom. The third-order valence-electron chi connectivity index (χ3n) is 4.63. The van der Waals surface area contributed by atoms with Crippen LogP contribution in [0.25, 0.3) is 0 Å². The second kappa shape index (κ2) is 8.34. The molecule has 1 amide bonds. The van der Waals surface area contributed by atoms with Crippen molar-refractivity contribution in [3.63, 3.8) is 0 Å². The fraction of sp³-hybridized carbons (Fsp3) is 0.381. The van der Waals surface area contributed by atoms with Crippen molar-refractivity contribution in [2.24, 2.45) is 11.7 Å². The van der Waals surface area contributed by atoms with Gasteiger partial charge in [-0.2, -0.15) is 0 Å². The van der Waals surface area contributed by atoms with Crippen LogP contribution in [0.15, 0.2) is 42.5 Å². The maximum atomic E-state index is 12.4. The van der Waals surface area contributed by atoms with Crippen LogP contribution in [0.3, 0.4) is 0 Å². The Morgan fingerprint density at radius 2 is 1.69 bits per heavy atom. The van der Waals surface area contributed by atoms with Gasteiger partial charge in [-0.1, -0.05) is 6.07 Å². The minimum atomic E-state index is -0.509. The van der Waals surface area contributed by atoms with Crippen LogP contribution in [0.4, 0.5) is 5.69 Å². The number of rotatable bonds is 5. The maximum Gasteiger partial charge on any atom is 0.241 e. The molecule has 3 rings (SSSR count). The van der Waals surface area contributed by atoms with Crippen molar-refractivity contribution in [1.82, 2.24) is 0 Å². The molecule has 1 atom stereocenters. The van der Waals surface area contributed by atoms with Crippen LogP contribution in [0.1, 0.15) is 24.0 Å². The molecule has 26 heavy (non-hydrogen) atoms. The summed E-state index contributed by atoms with van der Waals surface area (Å²) in [6.07, 6.45) is 1.66. The van der Waals surface area contributed by atoms with Crippen molar-refractivity contribution in [3.05, 3.63) is 53.6 Å². The highest BCUT2D eigenvalue weighted by Gasteiger charge is 2.26. The maximum absolute atomic E-state index is 12.4. The van der Waals surface area contributed by atoms with Gasteiger partial charge >= 0.3 is 0 Å². The number of anilines is 1. The first-order valence-electron chi connectivity index (χ1n) is 9.01. The van der Waals surface area contributed by atoms with E-state index in [0.717, 1.165) is 35.5 Å². The lowest BCUT2D eigenvalue weighted by Crippen LogP contribution is -2.43. The van der Waals surface area contributed by atoms with E-state index in [1.807, 2.05) is 50.2 Å². The number of ether oxygens (including phenoxy) is 2. The quantitative estimate of drug-likeness (QED) is 0.857. The molecule has 1 aliphatic rings. The summed E-state index contributed by atoms with van der Waals surface area (Å²) in [6.45, 7) is 5.44. The number of hydrogen-bond donors (Lipinski definition) is 2. The molecule has 2 aromatic carbocycles. The molecule has 1 saturated heterocycles. The van der Waals surface area contributed by atoms with Crippen molar-refractivity contribution < 1.29 is 14.3 Å². The Kier molecular flexibility index (Phi) is 5.91. The number of aryl methyl sites for hydroxylation is 2. The molecule has 1 aliphatic heterocycles. The average molecular weight is 354 g/mol. The first kappa shape index (κ1) is 18.4. The summed E-state index contributed by atoms with van der Waals surface area (Å²) in [6, 6.07) is 12.9. The standard InChI is InChI=1S/C21H26N2O3/c1-14-11-15(2)13-19(12-14)26-18-5-3-17(4-6-18)23-21(24)20(22)16-7-9-25-10-8-16/h3-6,11-13,16,20H,7-10,22H2,1-2H3,(H,23,24). The van der Waals surface area contributed by atoms with Crippen molar-refractivity contribution in [3.8, 4) is 11.5 Å². The number of benzene rings is 2. The zero-order chi connectivity index (χ0) is 18.5. The van der Waals surface area contributed by atoms with Crippen LogP contribution in [0.5, 0.6) is 11.5 Å². The number of nitrogens with one attached hydrogen (secondary N) is 1. The molecule has 0 aliphatic carbocycles. The molecule has 138 valence electrons. The molecular formula is C21H26N2O3. The first-order valence-corrected chi connectivity index (χ1v) is 9.01. The van der Waals surface area contributed by atoms with Crippen molar-refractivity contribution in [2.45, 2.75) is 32.7 Å². The molecule has 0 aromatic heterocycles. The molecule has 0 bridgehead atoms. The lowest BCUT2D eigenvalue weighted by atomic mass is 9.92. The fourth-order valence-electron chi connectivity index (χ4n) is 3.25. The predicted octanol–water partition coefficient (Wildman–Crippen LogP) is 3.79. The van der Waals surface area contributed by atoms with E-state index >= 15 is 0 Å². The van der Waals surface area contributed by atoms with Gasteiger partial charge in [-0.05, 0) is 80.1 Å². The van der Waals surface area contributed by atoms with Gasteiger partial charge in [-0.15, -0.1) is 0 Å². The Morgan fingerprint density at radius 3 is 2.31 bits per heavy atom. The minimum absolute atomic E-state index is 0.153. The second-order valence-corrected chi connectivity index (χ2v) is 6.91. The fourth-order valence-corrected chi connectivity index (χ4v) is 3.25. The average Bonchev–Trinajstić information content (AvgIpc) is 2.62. The molecule has 1 heterocycles. The van der Waals surface area contributed by atoms with Crippen LogP contribution in [-0.4, -0.2) is 25.2 Å². The molecular weight excluding hydrogens is 328 g/mol. The molecule has 3 N–H and O–H groups in total. The number of carbonyl (C=O) groups excluding carboxylic acids is 1. The van der Waals surface area contributed by atoms with Gasteiger partial charge in [0, 0.05) is 18.9 Å². The summed E-state index contributed by atoms with van der Waals surface area (Å²) >= 11 is 0. The third-order valence-corrected chi connectivity index (χ3v) is 4.63. The van der Waals surface area contributed by atoms with Gasteiger partial charge in [-0.25, -0.2) is 0 Å². The van der Waals surface area contributed by atoms with Gasteiger partial charge in [0.1, 0.15) is 11.5 Å². The van der Waals surface area contributed by atoms with Crippen molar-refractivity contribution >= 4 is 11.6 Å². The molecule has 5 heteroatoms. The highest BCUT2D eigenvalue weighted by molar-refractivity contribution is 5.94. The van der Waals surface area contributed by atoms with E-state index in [1.54, 1.807) is 0 Å². The van der Waals surface area contributed by atoms with E-state index in [1.165, 1.54) is 0 Å². The summed E-state index contributed by atoms with van der Waals surface area (Å²) in [7, 11) is 0.